The van der Waals surface area contributed by atoms with Crippen molar-refractivity contribution in [2.24, 2.45) is 10.7 Å². The lowest BCUT2D eigenvalue weighted by molar-refractivity contribution is 0.0951. The number of nitrogens with two attached hydrogens (primary N) is 3. The lowest BCUT2D eigenvalue weighted by atomic mass is 10.2. The van der Waals surface area contributed by atoms with Crippen LogP contribution in [0.25, 0.3) is 0 Å². The largest absolute Gasteiger partial charge is 0.382 e. The molecule has 0 aliphatic rings. The number of benzene rings is 1. The van der Waals surface area contributed by atoms with E-state index in [0.717, 1.165) is 0 Å². The van der Waals surface area contributed by atoms with Crippen molar-refractivity contribution in [2.45, 2.75) is 6.42 Å². The first kappa shape index (κ1) is 19.9. The molecule has 0 bridgehead atoms. The number of carbonyl (C=O) groups is 2. The van der Waals surface area contributed by atoms with Crippen LogP contribution in [-0.2, 0) is 0 Å². The molecule has 0 fully saturated rings. The number of anilines is 2. The highest BCUT2D eigenvalue weighted by Crippen LogP contribution is 2.17. The first-order valence-corrected chi connectivity index (χ1v) is 8.29. The van der Waals surface area contributed by atoms with Gasteiger partial charge in [0.05, 0.1) is 0 Å². The summed E-state index contributed by atoms with van der Waals surface area (Å²) in [5.41, 5.74) is 17.1. The maximum atomic E-state index is 12.1. The zero-order chi connectivity index (χ0) is 19.8. The molecule has 0 aliphatic carbocycles. The molecule has 2 aromatic rings. The molecule has 11 heteroatoms. The number of nitrogens with zero attached hydrogens (tertiary/aromatic N) is 3. The van der Waals surface area contributed by atoms with Gasteiger partial charge >= 0.3 is 0 Å². The Bertz CT molecular complexity index is 857. The van der Waals surface area contributed by atoms with E-state index in [1.807, 2.05) is 6.07 Å². The highest BCUT2D eigenvalue weighted by Gasteiger charge is 2.16. The molecular weight excluding hydrogens is 372 g/mol. The minimum Gasteiger partial charge on any atom is -0.382 e. The molecule has 2 amide bonds. The van der Waals surface area contributed by atoms with Crippen LogP contribution >= 0.6 is 11.6 Å². The van der Waals surface area contributed by atoms with Crippen molar-refractivity contribution in [2.75, 3.05) is 24.6 Å². The highest BCUT2D eigenvalue weighted by atomic mass is 35.5. The molecule has 8 N–H and O–H groups in total. The summed E-state index contributed by atoms with van der Waals surface area (Å²) in [6.45, 7) is 0.704. The van der Waals surface area contributed by atoms with Crippen LogP contribution in [-0.4, -0.2) is 40.8 Å². The fourth-order valence-corrected chi connectivity index (χ4v) is 2.12. The minimum atomic E-state index is -0.708. The number of aliphatic imine (C=N–C) groups is 1. The average Bonchev–Trinajstić information content (AvgIpc) is 2.64. The molecule has 2 rings (SSSR count). The van der Waals surface area contributed by atoms with Gasteiger partial charge < -0.3 is 22.5 Å². The Morgan fingerprint density at radius 3 is 2.48 bits per heavy atom. The van der Waals surface area contributed by atoms with Gasteiger partial charge in [-0.1, -0.05) is 29.8 Å². The summed E-state index contributed by atoms with van der Waals surface area (Å²) >= 11 is 5.72. The van der Waals surface area contributed by atoms with E-state index in [-0.39, 0.29) is 34.3 Å². The summed E-state index contributed by atoms with van der Waals surface area (Å²) in [6, 6.07) is 8.85. The van der Waals surface area contributed by atoms with Crippen molar-refractivity contribution in [3.8, 4) is 0 Å². The predicted octanol–water partition coefficient (Wildman–Crippen LogP) is 0.159. The van der Waals surface area contributed by atoms with E-state index in [1.165, 1.54) is 0 Å². The van der Waals surface area contributed by atoms with Gasteiger partial charge in [0.2, 0.25) is 0 Å². The van der Waals surface area contributed by atoms with Crippen molar-refractivity contribution in [1.82, 2.24) is 20.6 Å². The standard InChI is InChI=1S/C16H19ClN8O2/c17-11-13(19)24-12(18)10(23-11)15(27)25-16(20)22-8-4-7-21-14(26)9-5-2-1-3-6-9/h1-3,5-6H,4,7-8H2,(H,21,26)(H4,18,19,24)(H3,20,22,25,27). The number of nitrogens with one attached hydrogen (secondary N) is 2. The molecule has 0 aliphatic heterocycles. The molecule has 0 atom stereocenters. The molecule has 142 valence electrons. The Labute approximate surface area is 160 Å². The number of rotatable bonds is 6. The third-order valence-corrected chi connectivity index (χ3v) is 3.58. The van der Waals surface area contributed by atoms with Crippen molar-refractivity contribution >= 4 is 41.0 Å². The molecule has 0 radical (unpaired) electrons. The molecule has 27 heavy (non-hydrogen) atoms. The van der Waals surface area contributed by atoms with Gasteiger partial charge in [0, 0.05) is 18.7 Å². The minimum absolute atomic E-state index is 0.0788. The van der Waals surface area contributed by atoms with Gasteiger partial charge in [-0.2, -0.15) is 0 Å². The monoisotopic (exact) mass is 390 g/mol. The zero-order valence-corrected chi connectivity index (χ0v) is 15.0. The van der Waals surface area contributed by atoms with Crippen LogP contribution in [0.4, 0.5) is 11.6 Å². The van der Waals surface area contributed by atoms with Crippen LogP contribution in [0.15, 0.2) is 35.3 Å². The van der Waals surface area contributed by atoms with E-state index in [2.05, 4.69) is 25.6 Å². The Morgan fingerprint density at radius 2 is 1.78 bits per heavy atom. The van der Waals surface area contributed by atoms with Gasteiger partial charge in [0.25, 0.3) is 11.8 Å². The highest BCUT2D eigenvalue weighted by molar-refractivity contribution is 6.31. The fourth-order valence-electron chi connectivity index (χ4n) is 2.00. The predicted molar refractivity (Wildman–Crippen MR) is 103 cm³/mol. The van der Waals surface area contributed by atoms with Crippen molar-refractivity contribution in [3.05, 3.63) is 46.7 Å². The molecule has 1 aromatic heterocycles. The molecule has 0 saturated heterocycles. The number of carbonyl (C=O) groups excluding carboxylic acids is 2. The second-order valence-electron chi connectivity index (χ2n) is 5.33. The number of hydrogen-bond donors (Lipinski definition) is 5. The van der Waals surface area contributed by atoms with Crippen LogP contribution in [0.5, 0.6) is 0 Å². The summed E-state index contributed by atoms with van der Waals surface area (Å²) in [5.74, 6) is -1.25. The molecule has 0 unspecified atom stereocenters. The normalized spacial score (nSPS) is 11.1. The average molecular weight is 391 g/mol. The number of aromatic nitrogens is 2. The van der Waals surface area contributed by atoms with Crippen molar-refractivity contribution in [1.29, 1.82) is 0 Å². The third kappa shape index (κ3) is 5.82. The van der Waals surface area contributed by atoms with Gasteiger partial charge in [0.1, 0.15) is 0 Å². The Kier molecular flexibility index (Phi) is 6.89. The Morgan fingerprint density at radius 1 is 1.07 bits per heavy atom. The summed E-state index contributed by atoms with van der Waals surface area (Å²) < 4.78 is 0. The van der Waals surface area contributed by atoms with Gasteiger partial charge in [-0.25, -0.2) is 9.97 Å². The van der Waals surface area contributed by atoms with Crippen LogP contribution in [0, 0.1) is 0 Å². The second kappa shape index (κ2) is 9.34. The number of nitrogen functional groups attached to an aromatic ring is 2. The lowest BCUT2D eigenvalue weighted by Gasteiger charge is -2.07. The first-order chi connectivity index (χ1) is 12.9. The van der Waals surface area contributed by atoms with E-state index in [4.69, 9.17) is 28.8 Å². The van der Waals surface area contributed by atoms with E-state index in [9.17, 15) is 9.59 Å². The second-order valence-corrected chi connectivity index (χ2v) is 5.69. The number of halogens is 1. The van der Waals surface area contributed by atoms with E-state index >= 15 is 0 Å². The zero-order valence-electron chi connectivity index (χ0n) is 14.3. The van der Waals surface area contributed by atoms with Crippen LogP contribution in [0.1, 0.15) is 27.3 Å². The molecule has 1 aromatic carbocycles. The number of amides is 2. The fraction of sp³-hybridized carbons (Fsp3) is 0.188. The van der Waals surface area contributed by atoms with Crippen LogP contribution in [0.3, 0.4) is 0 Å². The van der Waals surface area contributed by atoms with E-state index in [1.54, 1.807) is 24.3 Å². The summed E-state index contributed by atoms with van der Waals surface area (Å²) in [7, 11) is 0. The molecular formula is C16H19ClN8O2. The molecule has 0 spiro atoms. The van der Waals surface area contributed by atoms with Crippen molar-refractivity contribution in [3.63, 3.8) is 0 Å². The topological polar surface area (TPSA) is 174 Å². The van der Waals surface area contributed by atoms with Crippen molar-refractivity contribution < 1.29 is 9.59 Å². The smallest absolute Gasteiger partial charge is 0.280 e. The van der Waals surface area contributed by atoms with E-state index in [0.29, 0.717) is 25.1 Å². The van der Waals surface area contributed by atoms with Crippen LogP contribution < -0.4 is 27.8 Å². The van der Waals surface area contributed by atoms with Gasteiger partial charge in [-0.15, -0.1) is 0 Å². The third-order valence-electron chi connectivity index (χ3n) is 3.30. The summed E-state index contributed by atoms with van der Waals surface area (Å²) in [6.07, 6.45) is 0.533. The van der Waals surface area contributed by atoms with Gasteiger partial charge in [-0.3, -0.25) is 19.9 Å². The maximum Gasteiger partial charge on any atom is 0.280 e. The maximum absolute atomic E-state index is 12.1. The van der Waals surface area contributed by atoms with Gasteiger partial charge in [-0.05, 0) is 18.6 Å². The quantitative estimate of drug-likeness (QED) is 0.265. The van der Waals surface area contributed by atoms with Gasteiger partial charge in [0.15, 0.2) is 28.4 Å². The molecule has 0 saturated carbocycles. The first-order valence-electron chi connectivity index (χ1n) is 7.91. The molecule has 10 nitrogen and oxygen atoms in total. The lowest BCUT2D eigenvalue weighted by Crippen LogP contribution is -2.38. The summed E-state index contributed by atoms with van der Waals surface area (Å²) in [4.78, 5) is 35.4. The van der Waals surface area contributed by atoms with E-state index < -0.39 is 5.91 Å². The summed E-state index contributed by atoms with van der Waals surface area (Å²) in [5, 5.41) is 4.95. The van der Waals surface area contributed by atoms with Crippen LogP contribution in [0.2, 0.25) is 5.15 Å². The Balaban J connectivity index is 1.78. The number of guanidine groups is 1. The SMILES string of the molecule is NC(=NCCCNC(=O)c1ccccc1)NC(=O)c1nc(Cl)c(N)nc1N. The molecule has 1 heterocycles. The Hall–Kier alpha value is -3.40. The number of hydrogen-bond acceptors (Lipinski definition) is 7.